The van der Waals surface area contributed by atoms with Crippen molar-refractivity contribution >= 4 is 11.9 Å². The first kappa shape index (κ1) is 21.7. The van der Waals surface area contributed by atoms with Crippen molar-refractivity contribution in [3.63, 3.8) is 0 Å². The van der Waals surface area contributed by atoms with Gasteiger partial charge in [0.2, 0.25) is 5.91 Å². The number of aryl methyl sites for hydroxylation is 1. The van der Waals surface area contributed by atoms with Gasteiger partial charge >= 0.3 is 5.97 Å². The average molecular weight is 413 g/mol. The minimum atomic E-state index is -0.976. The summed E-state index contributed by atoms with van der Waals surface area (Å²) in [5, 5.41) is 0. The first-order valence-corrected chi connectivity index (χ1v) is 9.90. The summed E-state index contributed by atoms with van der Waals surface area (Å²) in [6, 6.07) is 11.2. The van der Waals surface area contributed by atoms with E-state index in [1.54, 1.807) is 20.8 Å². The second-order valence-electron chi connectivity index (χ2n) is 7.85. The van der Waals surface area contributed by atoms with Gasteiger partial charge in [-0.1, -0.05) is 35.9 Å². The van der Waals surface area contributed by atoms with E-state index in [0.29, 0.717) is 16.8 Å². The Morgan fingerprint density at radius 1 is 1.10 bits per heavy atom. The van der Waals surface area contributed by atoms with Crippen LogP contribution in [0.1, 0.15) is 49.8 Å². The molecule has 1 atom stereocenters. The lowest BCUT2D eigenvalue weighted by Crippen LogP contribution is -2.38. The van der Waals surface area contributed by atoms with Crippen LogP contribution in [0.15, 0.2) is 53.7 Å². The fourth-order valence-corrected chi connectivity index (χ4v) is 3.65. The second-order valence-corrected chi connectivity index (χ2v) is 7.85. The zero-order valence-corrected chi connectivity index (χ0v) is 17.5. The third-order valence-electron chi connectivity index (χ3n) is 5.19. The Morgan fingerprint density at radius 2 is 1.77 bits per heavy atom. The summed E-state index contributed by atoms with van der Waals surface area (Å²) < 4.78 is 32.3. The first-order valence-electron chi connectivity index (χ1n) is 9.90. The van der Waals surface area contributed by atoms with Gasteiger partial charge in [0.15, 0.2) is 11.6 Å². The number of halogens is 2. The van der Waals surface area contributed by atoms with Crippen LogP contribution >= 0.6 is 0 Å². The Hall–Kier alpha value is -3.02. The molecule has 0 fully saturated rings. The molecule has 0 unspecified atom stereocenters. The SMILES string of the molecule is CC1=C(C(=O)OC(C)C)[C@H](c2ccc(C)cc2)CC(=O)N1Cc1ccc(F)c(F)c1. The molecule has 2 aromatic carbocycles. The number of allylic oxidation sites excluding steroid dienone is 1. The van der Waals surface area contributed by atoms with Gasteiger partial charge in [-0.2, -0.15) is 0 Å². The van der Waals surface area contributed by atoms with Crippen molar-refractivity contribution in [3.8, 4) is 0 Å². The zero-order chi connectivity index (χ0) is 22.0. The van der Waals surface area contributed by atoms with Gasteiger partial charge in [-0.3, -0.25) is 4.79 Å². The Morgan fingerprint density at radius 3 is 2.37 bits per heavy atom. The van der Waals surface area contributed by atoms with Gasteiger partial charge < -0.3 is 9.64 Å². The molecule has 0 bridgehead atoms. The van der Waals surface area contributed by atoms with E-state index in [1.807, 2.05) is 31.2 Å². The molecular formula is C24H25F2NO3. The maximum Gasteiger partial charge on any atom is 0.336 e. The minimum absolute atomic E-state index is 0.0426. The Balaban J connectivity index is 2.03. The third kappa shape index (κ3) is 4.58. The summed E-state index contributed by atoms with van der Waals surface area (Å²) >= 11 is 0. The molecule has 0 radical (unpaired) electrons. The molecule has 4 nitrogen and oxygen atoms in total. The summed E-state index contributed by atoms with van der Waals surface area (Å²) in [6.07, 6.45) is -0.221. The normalized spacial score (nSPS) is 17.0. The molecule has 0 aliphatic carbocycles. The van der Waals surface area contributed by atoms with Gasteiger partial charge in [-0.15, -0.1) is 0 Å². The molecule has 0 saturated heterocycles. The van der Waals surface area contributed by atoms with Crippen molar-refractivity contribution in [1.82, 2.24) is 4.90 Å². The number of carbonyl (C=O) groups excluding carboxylic acids is 2. The maximum atomic E-state index is 13.6. The van der Waals surface area contributed by atoms with Crippen LogP contribution in [0.2, 0.25) is 0 Å². The Kier molecular flexibility index (Phi) is 6.34. The maximum absolute atomic E-state index is 13.6. The second kappa shape index (κ2) is 8.78. The van der Waals surface area contributed by atoms with Gasteiger partial charge in [-0.05, 0) is 51.0 Å². The summed E-state index contributed by atoms with van der Waals surface area (Å²) in [4.78, 5) is 27.4. The topological polar surface area (TPSA) is 46.6 Å². The van der Waals surface area contributed by atoms with E-state index in [2.05, 4.69) is 0 Å². The molecular weight excluding hydrogens is 388 g/mol. The lowest BCUT2D eigenvalue weighted by molar-refractivity contribution is -0.143. The molecule has 1 aliphatic rings. The number of amides is 1. The van der Waals surface area contributed by atoms with Crippen molar-refractivity contribution in [3.05, 3.63) is 82.1 Å². The van der Waals surface area contributed by atoms with Gasteiger partial charge in [0, 0.05) is 18.0 Å². The van der Waals surface area contributed by atoms with Gasteiger partial charge in [0.05, 0.1) is 18.2 Å². The highest BCUT2D eigenvalue weighted by Crippen LogP contribution is 2.38. The smallest absolute Gasteiger partial charge is 0.336 e. The molecule has 1 aliphatic heterocycles. The molecule has 1 amide bonds. The van der Waals surface area contributed by atoms with Gasteiger partial charge in [-0.25, -0.2) is 13.6 Å². The van der Waals surface area contributed by atoms with Crippen molar-refractivity contribution in [2.24, 2.45) is 0 Å². The van der Waals surface area contributed by atoms with E-state index < -0.39 is 23.5 Å². The number of benzene rings is 2. The number of rotatable bonds is 5. The number of hydrogen-bond acceptors (Lipinski definition) is 3. The largest absolute Gasteiger partial charge is 0.460 e. The number of carbonyl (C=O) groups is 2. The quantitative estimate of drug-likeness (QED) is 0.647. The van der Waals surface area contributed by atoms with Crippen LogP contribution in [0.25, 0.3) is 0 Å². The third-order valence-corrected chi connectivity index (χ3v) is 5.19. The molecule has 3 rings (SSSR count). The summed E-state index contributed by atoms with van der Waals surface area (Å²) in [5.74, 6) is -3.02. The Labute approximate surface area is 175 Å². The van der Waals surface area contributed by atoms with Crippen molar-refractivity contribution in [2.45, 2.75) is 52.7 Å². The molecule has 2 aromatic rings. The van der Waals surface area contributed by atoms with E-state index >= 15 is 0 Å². The highest BCUT2D eigenvalue weighted by Gasteiger charge is 2.37. The number of hydrogen-bond donors (Lipinski definition) is 0. The van der Waals surface area contributed by atoms with Crippen molar-refractivity contribution in [2.75, 3.05) is 0 Å². The highest BCUT2D eigenvalue weighted by molar-refractivity contribution is 5.96. The summed E-state index contributed by atoms with van der Waals surface area (Å²) in [7, 11) is 0. The summed E-state index contributed by atoms with van der Waals surface area (Å²) in [6.45, 7) is 7.23. The molecule has 6 heteroatoms. The van der Waals surface area contributed by atoms with E-state index in [9.17, 15) is 18.4 Å². The molecule has 158 valence electrons. The van der Waals surface area contributed by atoms with Crippen LogP contribution < -0.4 is 0 Å². The number of ether oxygens (including phenoxy) is 1. The standard InChI is InChI=1S/C24H25F2NO3/c1-14(2)30-24(29)23-16(4)27(13-17-7-10-20(25)21(26)11-17)22(28)12-19(23)18-8-5-15(3)6-9-18/h5-11,14,19H,12-13H2,1-4H3/t19-/m0/s1. The van der Waals surface area contributed by atoms with Crippen LogP contribution in [-0.4, -0.2) is 22.9 Å². The van der Waals surface area contributed by atoms with E-state index in [1.165, 1.54) is 11.0 Å². The summed E-state index contributed by atoms with van der Waals surface area (Å²) in [5.41, 5.74) is 3.25. The van der Waals surface area contributed by atoms with E-state index in [0.717, 1.165) is 23.3 Å². The molecule has 0 saturated carbocycles. The predicted octanol–water partition coefficient (Wildman–Crippen LogP) is 5.01. The zero-order valence-electron chi connectivity index (χ0n) is 17.5. The average Bonchev–Trinajstić information content (AvgIpc) is 2.67. The van der Waals surface area contributed by atoms with Crippen LogP contribution in [-0.2, 0) is 20.9 Å². The lowest BCUT2D eigenvalue weighted by atomic mass is 9.83. The van der Waals surface area contributed by atoms with Crippen LogP contribution in [0.5, 0.6) is 0 Å². The molecule has 0 N–H and O–H groups in total. The predicted molar refractivity (Wildman–Crippen MR) is 109 cm³/mol. The molecule has 1 heterocycles. The van der Waals surface area contributed by atoms with Crippen LogP contribution in [0, 0.1) is 18.6 Å². The highest BCUT2D eigenvalue weighted by atomic mass is 19.2. The van der Waals surface area contributed by atoms with Crippen LogP contribution in [0.3, 0.4) is 0 Å². The van der Waals surface area contributed by atoms with Crippen molar-refractivity contribution < 1.29 is 23.1 Å². The monoisotopic (exact) mass is 413 g/mol. The van der Waals surface area contributed by atoms with E-state index in [-0.39, 0.29) is 25.0 Å². The molecule has 30 heavy (non-hydrogen) atoms. The van der Waals surface area contributed by atoms with E-state index in [4.69, 9.17) is 4.74 Å². The number of esters is 1. The minimum Gasteiger partial charge on any atom is -0.460 e. The lowest BCUT2D eigenvalue weighted by Gasteiger charge is -2.35. The number of nitrogens with zero attached hydrogens (tertiary/aromatic N) is 1. The van der Waals surface area contributed by atoms with Gasteiger partial charge in [0.25, 0.3) is 0 Å². The fourth-order valence-electron chi connectivity index (χ4n) is 3.65. The molecule has 0 aromatic heterocycles. The first-order chi connectivity index (χ1) is 14.2. The van der Waals surface area contributed by atoms with Crippen molar-refractivity contribution in [1.29, 1.82) is 0 Å². The van der Waals surface area contributed by atoms with Crippen LogP contribution in [0.4, 0.5) is 8.78 Å². The van der Waals surface area contributed by atoms with Gasteiger partial charge in [0.1, 0.15) is 0 Å². The Bertz CT molecular complexity index is 996. The fraction of sp³-hybridized carbons (Fsp3) is 0.333. The molecule has 0 spiro atoms.